The van der Waals surface area contributed by atoms with Crippen molar-refractivity contribution in [2.24, 2.45) is 0 Å². The van der Waals surface area contributed by atoms with E-state index in [0.29, 0.717) is 6.54 Å². The number of carbonyl (C=O) groups excluding carboxylic acids is 1. The van der Waals surface area contributed by atoms with Crippen molar-refractivity contribution in [3.8, 4) is 0 Å². The molecule has 0 fully saturated rings. The van der Waals surface area contributed by atoms with Crippen LogP contribution in [0.25, 0.3) is 0 Å². The summed E-state index contributed by atoms with van der Waals surface area (Å²) in [6, 6.07) is 5.21. The first-order valence-electron chi connectivity index (χ1n) is 6.65. The van der Waals surface area contributed by atoms with Crippen molar-refractivity contribution in [2.45, 2.75) is 39.4 Å². The van der Waals surface area contributed by atoms with Gasteiger partial charge in [0.25, 0.3) is 0 Å². The molecule has 0 saturated heterocycles. The predicted octanol–water partition coefficient (Wildman–Crippen LogP) is 2.23. The highest BCUT2D eigenvalue weighted by Gasteiger charge is 2.14. The highest BCUT2D eigenvalue weighted by molar-refractivity contribution is 5.74. The van der Waals surface area contributed by atoms with Crippen molar-refractivity contribution in [2.75, 3.05) is 0 Å². The van der Waals surface area contributed by atoms with Gasteiger partial charge in [-0.2, -0.15) is 5.10 Å². The van der Waals surface area contributed by atoms with E-state index in [4.69, 9.17) is 4.42 Å². The summed E-state index contributed by atoms with van der Waals surface area (Å²) in [5, 5.41) is 9.82. The highest BCUT2D eigenvalue weighted by Crippen LogP contribution is 2.15. The smallest absolute Gasteiger partial charge is 0.315 e. The number of aromatic nitrogens is 2. The number of nitrogens with zero attached hydrogens (tertiary/aromatic N) is 2. The summed E-state index contributed by atoms with van der Waals surface area (Å²) in [4.78, 5) is 11.9. The average molecular weight is 276 g/mol. The molecular formula is C14H20N4O2. The van der Waals surface area contributed by atoms with E-state index in [2.05, 4.69) is 15.7 Å². The van der Waals surface area contributed by atoms with Gasteiger partial charge in [0.05, 0.1) is 12.6 Å². The Morgan fingerprint density at radius 3 is 2.80 bits per heavy atom. The van der Waals surface area contributed by atoms with Gasteiger partial charge in [0.1, 0.15) is 11.5 Å². The lowest BCUT2D eigenvalue weighted by atomic mass is 10.2. The molecule has 2 aromatic heterocycles. The van der Waals surface area contributed by atoms with Gasteiger partial charge in [0.2, 0.25) is 0 Å². The van der Waals surface area contributed by atoms with Crippen LogP contribution in [0.2, 0.25) is 0 Å². The quantitative estimate of drug-likeness (QED) is 0.879. The molecule has 2 rings (SSSR count). The Morgan fingerprint density at radius 2 is 2.20 bits per heavy atom. The topological polar surface area (TPSA) is 72.1 Å². The number of urea groups is 1. The molecule has 108 valence electrons. The van der Waals surface area contributed by atoms with Crippen molar-refractivity contribution >= 4 is 6.03 Å². The fourth-order valence-electron chi connectivity index (χ4n) is 1.95. The third-order valence-electron chi connectivity index (χ3n) is 2.93. The summed E-state index contributed by atoms with van der Waals surface area (Å²) in [6.45, 7) is 6.33. The number of hydrogen-bond donors (Lipinski definition) is 2. The van der Waals surface area contributed by atoms with E-state index in [-0.39, 0.29) is 18.1 Å². The Balaban J connectivity index is 1.80. The largest absolute Gasteiger partial charge is 0.464 e. The van der Waals surface area contributed by atoms with Gasteiger partial charge >= 0.3 is 6.03 Å². The van der Waals surface area contributed by atoms with Gasteiger partial charge in [-0.25, -0.2) is 4.79 Å². The summed E-state index contributed by atoms with van der Waals surface area (Å²) in [5.74, 6) is 1.58. The molecule has 2 N–H and O–H groups in total. The van der Waals surface area contributed by atoms with Crippen molar-refractivity contribution in [3.63, 3.8) is 0 Å². The predicted molar refractivity (Wildman–Crippen MR) is 75.2 cm³/mol. The summed E-state index contributed by atoms with van der Waals surface area (Å²) < 4.78 is 7.26. The van der Waals surface area contributed by atoms with Crippen LogP contribution >= 0.6 is 0 Å². The molecule has 6 nitrogen and oxygen atoms in total. The van der Waals surface area contributed by atoms with E-state index < -0.39 is 0 Å². The second kappa shape index (κ2) is 6.27. The number of nitrogens with one attached hydrogen (secondary N) is 2. The summed E-state index contributed by atoms with van der Waals surface area (Å²) in [6.07, 6.45) is 3.58. The lowest BCUT2D eigenvalue weighted by Gasteiger charge is -2.17. The van der Waals surface area contributed by atoms with E-state index >= 15 is 0 Å². The van der Waals surface area contributed by atoms with Crippen molar-refractivity contribution in [1.82, 2.24) is 20.4 Å². The van der Waals surface area contributed by atoms with Gasteiger partial charge in [-0.15, -0.1) is 0 Å². The van der Waals surface area contributed by atoms with Crippen LogP contribution in [0.4, 0.5) is 4.79 Å². The molecule has 2 amide bonds. The number of aryl methyl sites for hydroxylation is 1. The first kappa shape index (κ1) is 14.2. The molecule has 0 aliphatic heterocycles. The number of carbonyl (C=O) groups is 1. The molecule has 0 radical (unpaired) electrons. The molecule has 2 atom stereocenters. The van der Waals surface area contributed by atoms with Crippen molar-refractivity contribution in [1.29, 1.82) is 0 Å². The monoisotopic (exact) mass is 276 g/mol. The van der Waals surface area contributed by atoms with Crippen LogP contribution in [0, 0.1) is 6.92 Å². The van der Waals surface area contributed by atoms with Crippen LogP contribution < -0.4 is 10.6 Å². The van der Waals surface area contributed by atoms with Crippen molar-refractivity contribution < 1.29 is 9.21 Å². The van der Waals surface area contributed by atoms with Crippen molar-refractivity contribution in [3.05, 3.63) is 42.1 Å². The van der Waals surface area contributed by atoms with Crippen LogP contribution in [0.5, 0.6) is 0 Å². The molecule has 0 aliphatic rings. The average Bonchev–Trinajstić information content (AvgIpc) is 3.00. The molecule has 2 heterocycles. The Hall–Kier alpha value is -2.24. The number of amides is 2. The van der Waals surface area contributed by atoms with E-state index in [1.165, 1.54) is 0 Å². The van der Waals surface area contributed by atoms with Gasteiger partial charge < -0.3 is 15.1 Å². The maximum atomic E-state index is 11.9. The van der Waals surface area contributed by atoms with Crippen LogP contribution in [0.15, 0.2) is 35.0 Å². The fraction of sp³-hybridized carbons (Fsp3) is 0.429. The minimum atomic E-state index is -0.216. The first-order valence-corrected chi connectivity index (χ1v) is 6.65. The molecule has 2 unspecified atom stereocenters. The zero-order valence-electron chi connectivity index (χ0n) is 12.0. The minimum Gasteiger partial charge on any atom is -0.464 e. The first-order chi connectivity index (χ1) is 9.54. The van der Waals surface area contributed by atoms with Crippen LogP contribution in [0.1, 0.15) is 31.4 Å². The minimum absolute atomic E-state index is 0.0135. The van der Waals surface area contributed by atoms with Gasteiger partial charge in [-0.3, -0.25) is 4.68 Å². The van der Waals surface area contributed by atoms with E-state index in [1.54, 1.807) is 10.9 Å². The number of rotatable bonds is 5. The lowest BCUT2D eigenvalue weighted by Crippen LogP contribution is -2.43. The van der Waals surface area contributed by atoms with E-state index in [0.717, 1.165) is 11.5 Å². The third-order valence-corrected chi connectivity index (χ3v) is 2.93. The maximum Gasteiger partial charge on any atom is 0.315 e. The van der Waals surface area contributed by atoms with E-state index in [1.807, 2.05) is 45.2 Å². The van der Waals surface area contributed by atoms with Crippen LogP contribution in [-0.2, 0) is 6.54 Å². The molecule has 0 bridgehead atoms. The standard InChI is InChI=1S/C14H20N4O2/c1-10(9-18-8-4-7-15-18)16-14(19)17-12(3)13-6-5-11(2)20-13/h4-8,10,12H,9H2,1-3H3,(H2,16,17,19). The normalized spacial score (nSPS) is 13.8. The maximum absolute atomic E-state index is 11.9. The number of furan rings is 1. The fourth-order valence-corrected chi connectivity index (χ4v) is 1.95. The van der Waals surface area contributed by atoms with E-state index in [9.17, 15) is 4.79 Å². The van der Waals surface area contributed by atoms with Gasteiger partial charge in [0.15, 0.2) is 0 Å². The zero-order valence-corrected chi connectivity index (χ0v) is 12.0. The number of hydrogen-bond acceptors (Lipinski definition) is 3. The third kappa shape index (κ3) is 3.88. The SMILES string of the molecule is Cc1ccc(C(C)NC(=O)NC(C)Cn2cccn2)o1. The van der Waals surface area contributed by atoms with Crippen LogP contribution in [0.3, 0.4) is 0 Å². The highest BCUT2D eigenvalue weighted by atomic mass is 16.3. The lowest BCUT2D eigenvalue weighted by molar-refractivity contribution is 0.231. The molecule has 20 heavy (non-hydrogen) atoms. The molecule has 2 aromatic rings. The summed E-state index contributed by atoms with van der Waals surface area (Å²) >= 11 is 0. The molecular weight excluding hydrogens is 256 g/mol. The Morgan fingerprint density at radius 1 is 1.40 bits per heavy atom. The molecule has 0 spiro atoms. The summed E-state index contributed by atoms with van der Waals surface area (Å²) in [5.41, 5.74) is 0. The molecule has 6 heteroatoms. The zero-order chi connectivity index (χ0) is 14.5. The van der Waals surface area contributed by atoms with Gasteiger partial charge in [-0.1, -0.05) is 0 Å². The summed E-state index contributed by atoms with van der Waals surface area (Å²) in [7, 11) is 0. The second-order valence-corrected chi connectivity index (χ2v) is 4.92. The van der Waals surface area contributed by atoms with Gasteiger partial charge in [0, 0.05) is 18.4 Å². The molecule has 0 saturated carbocycles. The Kier molecular flexibility index (Phi) is 4.45. The van der Waals surface area contributed by atoms with Crippen LogP contribution in [-0.4, -0.2) is 21.9 Å². The Bertz CT molecular complexity index is 547. The van der Waals surface area contributed by atoms with Gasteiger partial charge in [-0.05, 0) is 39.0 Å². The Labute approximate surface area is 118 Å². The molecule has 0 aliphatic carbocycles. The molecule has 0 aromatic carbocycles. The second-order valence-electron chi connectivity index (χ2n) is 4.92.